The number of fused-ring (bicyclic) bond motifs is 1. The summed E-state index contributed by atoms with van der Waals surface area (Å²) in [7, 11) is -8.53. The van der Waals surface area contributed by atoms with Crippen molar-refractivity contribution in [2.45, 2.75) is 62.7 Å². The van der Waals surface area contributed by atoms with Crippen LogP contribution in [0.15, 0.2) is 23.1 Å². The molecule has 0 aliphatic carbocycles. The van der Waals surface area contributed by atoms with Gasteiger partial charge in [0.25, 0.3) is 20.2 Å². The number of hydrogen-bond acceptors (Lipinski definition) is 6. The van der Waals surface area contributed by atoms with Crippen molar-refractivity contribution in [3.05, 3.63) is 23.8 Å². The highest BCUT2D eigenvalue weighted by Crippen LogP contribution is 2.43. The fraction of sp³-hybridized carbons (Fsp3) is 0.579. The molecule has 1 aliphatic heterocycles. The maximum atomic E-state index is 11.6. The molecule has 30 heavy (non-hydrogen) atoms. The van der Waals surface area contributed by atoms with Crippen LogP contribution in [0.2, 0.25) is 0 Å². The molecule has 0 bridgehead atoms. The van der Waals surface area contributed by atoms with Crippen molar-refractivity contribution in [3.8, 4) is 0 Å². The number of aliphatic carboxylic acids is 1. The molecule has 168 valence electrons. The number of rotatable bonds is 11. The van der Waals surface area contributed by atoms with E-state index in [1.54, 1.807) is 6.07 Å². The lowest BCUT2D eigenvalue weighted by molar-refractivity contribution is -0.439. The van der Waals surface area contributed by atoms with Crippen molar-refractivity contribution in [3.63, 3.8) is 0 Å². The van der Waals surface area contributed by atoms with Crippen molar-refractivity contribution in [2.75, 3.05) is 12.3 Å². The Labute approximate surface area is 176 Å². The van der Waals surface area contributed by atoms with Gasteiger partial charge in [-0.2, -0.15) is 21.4 Å². The Hall–Kier alpha value is -1.82. The zero-order valence-electron chi connectivity index (χ0n) is 17.0. The van der Waals surface area contributed by atoms with E-state index in [1.807, 2.05) is 18.4 Å². The SMILES string of the molecule is CC1=[N+](CCCCCC(=O)[O-])c2ccc(S(=O)(=O)O)cc2C1(C)CCCS(=O)(=O)O. The number of benzene rings is 1. The summed E-state index contributed by atoms with van der Waals surface area (Å²) >= 11 is 0. The van der Waals surface area contributed by atoms with E-state index < -0.39 is 37.4 Å². The first-order chi connectivity index (χ1) is 13.8. The molecule has 0 spiro atoms. The van der Waals surface area contributed by atoms with Crippen LogP contribution in [0.3, 0.4) is 0 Å². The Kier molecular flexibility index (Phi) is 7.44. The second-order valence-electron chi connectivity index (χ2n) is 7.80. The highest BCUT2D eigenvalue weighted by Gasteiger charge is 2.46. The maximum absolute atomic E-state index is 11.6. The van der Waals surface area contributed by atoms with Crippen molar-refractivity contribution in [1.29, 1.82) is 0 Å². The van der Waals surface area contributed by atoms with Crippen LogP contribution >= 0.6 is 0 Å². The molecule has 2 rings (SSSR count). The Morgan fingerprint density at radius 2 is 1.77 bits per heavy atom. The van der Waals surface area contributed by atoms with Crippen LogP contribution in [0.25, 0.3) is 0 Å². The fourth-order valence-corrected chi connectivity index (χ4v) is 4.97. The van der Waals surface area contributed by atoms with Gasteiger partial charge in [0.2, 0.25) is 5.69 Å². The molecule has 1 aliphatic rings. The zero-order valence-corrected chi connectivity index (χ0v) is 18.6. The highest BCUT2D eigenvalue weighted by atomic mass is 32.2. The summed E-state index contributed by atoms with van der Waals surface area (Å²) in [5.74, 6) is -1.50. The molecular weight excluding hydrogens is 434 g/mol. The first kappa shape index (κ1) is 24.4. The molecule has 1 unspecified atom stereocenters. The van der Waals surface area contributed by atoms with E-state index in [-0.39, 0.29) is 17.7 Å². The van der Waals surface area contributed by atoms with Crippen LogP contribution in [0.1, 0.15) is 57.9 Å². The third kappa shape index (κ3) is 5.87. The normalized spacial score (nSPS) is 19.2. The standard InChI is InChI=1S/C19H27NO8S2/c1-14-19(2,10-6-12-29(23,24)25)16-13-15(30(26,27)28)8-9-17(16)20(14)11-5-3-4-7-18(21)22/h8-9,13H,3-7,10-12H2,1-2H3,(H2-,21,22,23,24,25,26,27,28). The molecule has 0 saturated heterocycles. The molecule has 1 aromatic carbocycles. The predicted octanol–water partition coefficient (Wildman–Crippen LogP) is 1.29. The fourth-order valence-electron chi connectivity index (χ4n) is 3.95. The lowest BCUT2D eigenvalue weighted by Gasteiger charge is -2.22. The molecule has 0 fully saturated rings. The van der Waals surface area contributed by atoms with Gasteiger partial charge < -0.3 is 9.90 Å². The number of nitrogens with zero attached hydrogens (tertiary/aromatic N) is 1. The zero-order chi connectivity index (χ0) is 22.7. The number of carboxylic acids is 1. The quantitative estimate of drug-likeness (QED) is 0.284. The van der Waals surface area contributed by atoms with Gasteiger partial charge in [-0.25, -0.2) is 0 Å². The van der Waals surface area contributed by atoms with Gasteiger partial charge >= 0.3 is 0 Å². The summed E-state index contributed by atoms with van der Waals surface area (Å²) in [5.41, 5.74) is 1.61. The van der Waals surface area contributed by atoms with Gasteiger partial charge in [0.05, 0.1) is 16.1 Å². The summed E-state index contributed by atoms with van der Waals surface area (Å²) in [4.78, 5) is 10.3. The van der Waals surface area contributed by atoms with Crippen LogP contribution < -0.4 is 5.11 Å². The molecule has 0 saturated carbocycles. The lowest BCUT2D eigenvalue weighted by Crippen LogP contribution is -2.31. The minimum absolute atomic E-state index is 0.00957. The summed E-state index contributed by atoms with van der Waals surface area (Å²) < 4.78 is 66.0. The summed E-state index contributed by atoms with van der Waals surface area (Å²) in [6.07, 6.45) is 2.38. The molecule has 9 nitrogen and oxygen atoms in total. The van der Waals surface area contributed by atoms with E-state index in [0.29, 0.717) is 37.8 Å². The van der Waals surface area contributed by atoms with Gasteiger partial charge in [0, 0.05) is 30.9 Å². The van der Waals surface area contributed by atoms with Crippen LogP contribution in [0, 0.1) is 0 Å². The minimum atomic E-state index is -4.41. The molecule has 1 aromatic rings. The first-order valence-electron chi connectivity index (χ1n) is 9.64. The third-order valence-corrected chi connectivity index (χ3v) is 7.35. The highest BCUT2D eigenvalue weighted by molar-refractivity contribution is 7.86. The Balaban J connectivity index is 2.34. The van der Waals surface area contributed by atoms with Crippen LogP contribution in [-0.2, 0) is 30.4 Å². The summed E-state index contributed by atoms with van der Waals surface area (Å²) in [5, 5.41) is 10.5. The summed E-state index contributed by atoms with van der Waals surface area (Å²) in [6.45, 7) is 4.32. The van der Waals surface area contributed by atoms with Gasteiger partial charge in [0.1, 0.15) is 6.54 Å². The van der Waals surface area contributed by atoms with Crippen LogP contribution in [0.4, 0.5) is 5.69 Å². The van der Waals surface area contributed by atoms with E-state index in [0.717, 1.165) is 11.4 Å². The predicted molar refractivity (Wildman–Crippen MR) is 108 cm³/mol. The topological polar surface area (TPSA) is 152 Å². The average Bonchev–Trinajstić information content (AvgIpc) is 2.81. The lowest BCUT2D eigenvalue weighted by atomic mass is 9.76. The van der Waals surface area contributed by atoms with E-state index >= 15 is 0 Å². The van der Waals surface area contributed by atoms with Crippen LogP contribution in [-0.4, -0.2) is 54.5 Å². The monoisotopic (exact) mass is 461 g/mol. The van der Waals surface area contributed by atoms with E-state index in [1.165, 1.54) is 12.1 Å². The molecule has 0 amide bonds. The largest absolute Gasteiger partial charge is 0.550 e. The third-order valence-electron chi connectivity index (χ3n) is 5.70. The molecule has 1 atom stereocenters. The van der Waals surface area contributed by atoms with Crippen molar-refractivity contribution in [2.24, 2.45) is 0 Å². The van der Waals surface area contributed by atoms with Gasteiger partial charge in [-0.15, -0.1) is 0 Å². The first-order valence-corrected chi connectivity index (χ1v) is 12.7. The molecule has 11 heteroatoms. The Morgan fingerprint density at radius 3 is 2.33 bits per heavy atom. The Morgan fingerprint density at radius 1 is 1.10 bits per heavy atom. The number of carbonyl (C=O) groups excluding carboxylic acids is 1. The number of carboxylic acid groups (broad SMARTS) is 1. The Bertz CT molecular complexity index is 1060. The van der Waals surface area contributed by atoms with E-state index in [2.05, 4.69) is 0 Å². The van der Waals surface area contributed by atoms with E-state index in [9.17, 15) is 31.3 Å². The number of unbranched alkanes of at least 4 members (excludes halogenated alkanes) is 2. The second kappa shape index (κ2) is 9.13. The van der Waals surface area contributed by atoms with Crippen molar-refractivity contribution >= 4 is 37.6 Å². The van der Waals surface area contributed by atoms with Gasteiger partial charge in [0.15, 0.2) is 5.71 Å². The number of hydrogen-bond donors (Lipinski definition) is 2. The minimum Gasteiger partial charge on any atom is -0.550 e. The molecule has 1 heterocycles. The van der Waals surface area contributed by atoms with Crippen molar-refractivity contribution in [1.82, 2.24) is 0 Å². The molecular formula is C19H27NO8S2. The van der Waals surface area contributed by atoms with Crippen molar-refractivity contribution < 1.29 is 40.4 Å². The van der Waals surface area contributed by atoms with Gasteiger partial charge in [-0.05, 0) is 51.2 Å². The van der Waals surface area contributed by atoms with Gasteiger partial charge in [-0.3, -0.25) is 9.11 Å². The second-order valence-corrected chi connectivity index (χ2v) is 10.8. The maximum Gasteiger partial charge on any atom is 0.294 e. The number of carbonyl (C=O) groups is 1. The van der Waals surface area contributed by atoms with Crippen LogP contribution in [0.5, 0.6) is 0 Å². The molecule has 0 aromatic heterocycles. The smallest absolute Gasteiger partial charge is 0.294 e. The molecule has 0 radical (unpaired) electrons. The molecule has 2 N–H and O–H groups in total. The average molecular weight is 462 g/mol. The summed E-state index contributed by atoms with van der Waals surface area (Å²) in [6, 6.07) is 4.32. The van der Waals surface area contributed by atoms with E-state index in [4.69, 9.17) is 4.55 Å². The van der Waals surface area contributed by atoms with Gasteiger partial charge in [-0.1, -0.05) is 0 Å².